The van der Waals surface area contributed by atoms with Crippen molar-refractivity contribution < 1.29 is 28.6 Å². The first kappa shape index (κ1) is 26.8. The van der Waals surface area contributed by atoms with E-state index in [2.05, 4.69) is 0 Å². The number of benzene rings is 1. The molecule has 1 amide bonds. The predicted octanol–water partition coefficient (Wildman–Crippen LogP) is 4.66. The molecular weight excluding hydrogens is 481 g/mol. The Morgan fingerprint density at radius 1 is 1.24 bits per heavy atom. The third kappa shape index (κ3) is 5.52. The molecule has 37 heavy (non-hydrogen) atoms. The number of amides is 1. The number of fused-ring (bicyclic) bond motifs is 1. The zero-order valence-electron chi connectivity index (χ0n) is 22.2. The van der Waals surface area contributed by atoms with Crippen molar-refractivity contribution in [3.05, 3.63) is 33.9 Å². The highest BCUT2D eigenvalue weighted by Crippen LogP contribution is 2.44. The van der Waals surface area contributed by atoms with Crippen LogP contribution in [0.2, 0.25) is 0 Å². The summed E-state index contributed by atoms with van der Waals surface area (Å²) >= 11 is 0. The Morgan fingerprint density at radius 3 is 2.51 bits per heavy atom. The monoisotopic (exact) mass is 517 g/mol. The van der Waals surface area contributed by atoms with Gasteiger partial charge in [-0.15, -0.1) is 0 Å². The Labute approximate surface area is 215 Å². The number of likely N-dealkylation sites (tertiary alicyclic amines) is 1. The molecule has 0 spiro atoms. The van der Waals surface area contributed by atoms with E-state index >= 15 is 4.39 Å². The molecule has 1 aromatic heterocycles. The number of rotatable bonds is 7. The van der Waals surface area contributed by atoms with Gasteiger partial charge in [-0.1, -0.05) is 0 Å². The van der Waals surface area contributed by atoms with Gasteiger partial charge in [-0.3, -0.25) is 4.79 Å². The zero-order valence-corrected chi connectivity index (χ0v) is 22.2. The van der Waals surface area contributed by atoms with Gasteiger partial charge in [-0.2, -0.15) is 0 Å². The molecule has 0 bridgehead atoms. The Bertz CT molecular complexity index is 1260. The summed E-state index contributed by atoms with van der Waals surface area (Å²) in [6.07, 6.45) is 4.38. The van der Waals surface area contributed by atoms with Crippen LogP contribution in [-0.2, 0) is 4.74 Å². The van der Waals surface area contributed by atoms with E-state index in [1.54, 1.807) is 9.47 Å². The number of ether oxygens (including phenoxy) is 2. The van der Waals surface area contributed by atoms with Gasteiger partial charge in [0.25, 0.3) is 0 Å². The normalized spacial score (nSPS) is 18.1. The largest absolute Gasteiger partial charge is 0.492 e. The van der Waals surface area contributed by atoms with Crippen LogP contribution < -0.4 is 15.1 Å². The minimum Gasteiger partial charge on any atom is -0.492 e. The average Bonchev–Trinajstić information content (AvgIpc) is 3.67. The van der Waals surface area contributed by atoms with E-state index in [-0.39, 0.29) is 40.4 Å². The van der Waals surface area contributed by atoms with E-state index in [0.717, 1.165) is 31.7 Å². The summed E-state index contributed by atoms with van der Waals surface area (Å²) in [4.78, 5) is 40.9. The predicted molar refractivity (Wildman–Crippen MR) is 138 cm³/mol. The van der Waals surface area contributed by atoms with E-state index in [1.807, 2.05) is 32.6 Å². The highest BCUT2D eigenvalue weighted by atomic mass is 19.1. The third-order valence-corrected chi connectivity index (χ3v) is 6.92. The number of aromatic carboxylic acids is 1. The number of hydrogen-bond donors (Lipinski definition) is 1. The van der Waals surface area contributed by atoms with Crippen molar-refractivity contribution in [2.45, 2.75) is 65.0 Å². The molecule has 2 heterocycles. The topological polar surface area (TPSA) is 101 Å². The molecule has 4 rings (SSSR count). The fourth-order valence-corrected chi connectivity index (χ4v) is 5.12. The smallest absolute Gasteiger partial charge is 0.410 e. The number of methoxy groups -OCH3 is 1. The van der Waals surface area contributed by atoms with Crippen LogP contribution >= 0.6 is 0 Å². The number of halogens is 1. The van der Waals surface area contributed by atoms with Crippen molar-refractivity contribution in [2.24, 2.45) is 5.92 Å². The van der Waals surface area contributed by atoms with Crippen molar-refractivity contribution in [3.63, 3.8) is 0 Å². The molecule has 1 aliphatic carbocycles. The van der Waals surface area contributed by atoms with E-state index in [4.69, 9.17) is 9.47 Å². The molecule has 1 saturated carbocycles. The molecule has 2 aromatic rings. The van der Waals surface area contributed by atoms with Gasteiger partial charge in [0, 0.05) is 38.4 Å². The van der Waals surface area contributed by atoms with Crippen molar-refractivity contribution in [1.82, 2.24) is 9.47 Å². The van der Waals surface area contributed by atoms with Gasteiger partial charge in [0.05, 0.1) is 18.0 Å². The maximum absolute atomic E-state index is 15.7. The van der Waals surface area contributed by atoms with Crippen molar-refractivity contribution in [2.75, 3.05) is 38.2 Å². The Kier molecular flexibility index (Phi) is 7.39. The van der Waals surface area contributed by atoms with Crippen molar-refractivity contribution in [1.29, 1.82) is 0 Å². The lowest BCUT2D eigenvalue weighted by Crippen LogP contribution is -2.45. The van der Waals surface area contributed by atoms with Crippen LogP contribution in [0.4, 0.5) is 14.9 Å². The zero-order chi connectivity index (χ0) is 27.1. The first-order valence-electron chi connectivity index (χ1n) is 12.9. The lowest BCUT2D eigenvalue weighted by molar-refractivity contribution is 0.0169. The average molecular weight is 518 g/mol. The number of aromatic nitrogens is 1. The van der Waals surface area contributed by atoms with Gasteiger partial charge in [-0.25, -0.2) is 14.0 Å². The standard InChI is InChI=1S/C27H36FN3O6/c1-6-29(13-16-8-7-11-30(14-16)26(35)37-27(2,3)4)22-20(28)12-18-21(24(22)36-5)31(17-9-10-17)15-19(23(18)32)25(33)34/h12,15-17H,6-11,13-14H2,1-5H3,(H,33,34). The maximum Gasteiger partial charge on any atom is 0.410 e. The van der Waals surface area contributed by atoms with Gasteiger partial charge in [-0.05, 0) is 65.4 Å². The van der Waals surface area contributed by atoms with Gasteiger partial charge >= 0.3 is 12.1 Å². The first-order chi connectivity index (χ1) is 17.4. The van der Waals surface area contributed by atoms with Gasteiger partial charge in [0.15, 0.2) is 11.6 Å². The lowest BCUT2D eigenvalue weighted by atomic mass is 9.97. The first-order valence-corrected chi connectivity index (χ1v) is 12.9. The number of piperidine rings is 1. The van der Waals surface area contributed by atoms with Crippen LogP contribution in [0.1, 0.15) is 69.8 Å². The number of hydrogen-bond acceptors (Lipinski definition) is 6. The van der Waals surface area contributed by atoms with E-state index in [9.17, 15) is 19.5 Å². The van der Waals surface area contributed by atoms with Crippen LogP contribution in [0.15, 0.2) is 17.1 Å². The number of anilines is 1. The lowest BCUT2D eigenvalue weighted by Gasteiger charge is -2.37. The second-order valence-electron chi connectivity index (χ2n) is 10.9. The second-order valence-corrected chi connectivity index (χ2v) is 10.9. The fraction of sp³-hybridized carbons (Fsp3) is 0.593. The summed E-state index contributed by atoms with van der Waals surface area (Å²) in [6, 6.07) is 1.17. The molecule has 1 unspecified atom stereocenters. The molecule has 2 fully saturated rings. The van der Waals surface area contributed by atoms with Crippen LogP contribution in [0, 0.1) is 11.7 Å². The summed E-state index contributed by atoms with van der Waals surface area (Å²) in [5, 5.41) is 9.55. The van der Waals surface area contributed by atoms with Crippen molar-refractivity contribution in [3.8, 4) is 5.75 Å². The Balaban J connectivity index is 1.72. The molecule has 1 atom stereocenters. The van der Waals surface area contributed by atoms with Crippen LogP contribution in [0.3, 0.4) is 0 Å². The van der Waals surface area contributed by atoms with Crippen molar-refractivity contribution >= 4 is 28.7 Å². The molecule has 1 saturated heterocycles. The number of carbonyl (C=O) groups excluding carboxylic acids is 1. The van der Waals surface area contributed by atoms with E-state index in [0.29, 0.717) is 31.7 Å². The van der Waals surface area contributed by atoms with Gasteiger partial charge in [0.2, 0.25) is 5.43 Å². The maximum atomic E-state index is 15.7. The molecule has 10 heteroatoms. The van der Waals surface area contributed by atoms with Crippen LogP contribution in [0.5, 0.6) is 5.75 Å². The highest BCUT2D eigenvalue weighted by Gasteiger charge is 2.33. The summed E-state index contributed by atoms with van der Waals surface area (Å²) in [5.41, 5.74) is -1.05. The Hall–Kier alpha value is -3.30. The van der Waals surface area contributed by atoms with E-state index in [1.165, 1.54) is 13.3 Å². The number of carboxylic acid groups (broad SMARTS) is 1. The SMILES string of the molecule is CCN(CC1CCCN(C(=O)OC(C)(C)C)C1)c1c(F)cc2c(=O)c(C(=O)O)cn(C3CC3)c2c1OC. The number of carboxylic acids is 1. The molecule has 1 aromatic carbocycles. The minimum atomic E-state index is -1.34. The summed E-state index contributed by atoms with van der Waals surface area (Å²) in [6.45, 7) is 9.49. The molecule has 9 nitrogen and oxygen atoms in total. The van der Waals surface area contributed by atoms with E-state index < -0.39 is 22.8 Å². The molecule has 202 valence electrons. The summed E-state index contributed by atoms with van der Waals surface area (Å²) < 4.78 is 28.7. The molecular formula is C27H36FN3O6. The van der Waals surface area contributed by atoms with Crippen LogP contribution in [0.25, 0.3) is 10.9 Å². The fourth-order valence-electron chi connectivity index (χ4n) is 5.12. The van der Waals surface area contributed by atoms with Crippen LogP contribution in [-0.4, -0.2) is 65.5 Å². The molecule has 2 aliphatic rings. The van der Waals surface area contributed by atoms with Gasteiger partial charge < -0.3 is 28.9 Å². The Morgan fingerprint density at radius 2 is 1.95 bits per heavy atom. The number of nitrogens with zero attached hydrogens (tertiary/aromatic N) is 3. The number of carbonyl (C=O) groups is 2. The summed E-state index contributed by atoms with van der Waals surface area (Å²) in [7, 11) is 1.43. The van der Waals surface area contributed by atoms with Gasteiger partial charge in [0.1, 0.15) is 16.9 Å². The molecule has 0 radical (unpaired) electrons. The number of pyridine rings is 1. The second kappa shape index (κ2) is 10.2. The highest BCUT2D eigenvalue weighted by molar-refractivity contribution is 5.97. The summed E-state index contributed by atoms with van der Waals surface area (Å²) in [5.74, 6) is -1.68. The third-order valence-electron chi connectivity index (χ3n) is 6.92. The quantitative estimate of drug-likeness (QED) is 0.570. The molecule has 1 aliphatic heterocycles. The molecule has 1 N–H and O–H groups in total. The minimum absolute atomic E-state index is 0.00489.